The van der Waals surface area contributed by atoms with Gasteiger partial charge in [-0.05, 0) is 35.7 Å². The number of anilines is 1. The van der Waals surface area contributed by atoms with Gasteiger partial charge in [-0.25, -0.2) is 16.8 Å². The van der Waals surface area contributed by atoms with Crippen LogP contribution in [0.15, 0.2) is 58.3 Å². The number of hydrogen-bond acceptors (Lipinski definition) is 5. The molecule has 29 heavy (non-hydrogen) atoms. The number of hydrogen-bond donors (Lipinski definition) is 0. The van der Waals surface area contributed by atoms with E-state index < -0.39 is 19.9 Å². The minimum Gasteiger partial charge on any atom is -0.368 e. The van der Waals surface area contributed by atoms with Crippen molar-refractivity contribution in [1.29, 1.82) is 0 Å². The van der Waals surface area contributed by atoms with Crippen molar-refractivity contribution in [3.63, 3.8) is 0 Å². The Kier molecular flexibility index (Phi) is 6.36. The van der Waals surface area contributed by atoms with Crippen LogP contribution in [0.25, 0.3) is 0 Å². The number of rotatable bonds is 6. The van der Waals surface area contributed by atoms with Gasteiger partial charge in [-0.15, -0.1) is 0 Å². The molecule has 2 aromatic rings. The molecule has 2 aromatic carbocycles. The summed E-state index contributed by atoms with van der Waals surface area (Å²) in [7, 11) is -6.91. The number of piperazine rings is 1. The van der Waals surface area contributed by atoms with Crippen LogP contribution in [-0.4, -0.2) is 53.1 Å². The third-order valence-electron chi connectivity index (χ3n) is 5.34. The maximum Gasteiger partial charge on any atom is 0.243 e. The molecule has 158 valence electrons. The van der Waals surface area contributed by atoms with Gasteiger partial charge in [0.25, 0.3) is 0 Å². The number of nitrogens with zero attached hydrogens (tertiary/aromatic N) is 2. The highest BCUT2D eigenvalue weighted by Crippen LogP contribution is 2.28. The molecule has 0 atom stereocenters. The summed E-state index contributed by atoms with van der Waals surface area (Å²) in [5.41, 5.74) is 1.75. The van der Waals surface area contributed by atoms with Crippen molar-refractivity contribution >= 4 is 25.5 Å². The average Bonchev–Trinajstić information content (AvgIpc) is 2.74. The van der Waals surface area contributed by atoms with E-state index in [9.17, 15) is 16.8 Å². The number of sulfonamides is 1. The molecule has 0 unspecified atom stereocenters. The van der Waals surface area contributed by atoms with Crippen LogP contribution in [0.1, 0.15) is 32.3 Å². The zero-order valence-corrected chi connectivity index (χ0v) is 18.7. The summed E-state index contributed by atoms with van der Waals surface area (Å²) in [6.07, 6.45) is 0. The molecular formula is C21H28N2O4S2. The van der Waals surface area contributed by atoms with E-state index >= 15 is 0 Å². The van der Waals surface area contributed by atoms with Crippen molar-refractivity contribution in [2.75, 3.05) is 36.8 Å². The van der Waals surface area contributed by atoms with Crippen LogP contribution in [0.5, 0.6) is 0 Å². The summed E-state index contributed by atoms with van der Waals surface area (Å²) in [5.74, 6) is 0.375. The van der Waals surface area contributed by atoms with Gasteiger partial charge in [-0.1, -0.05) is 45.0 Å². The van der Waals surface area contributed by atoms with Gasteiger partial charge in [0.2, 0.25) is 10.0 Å². The monoisotopic (exact) mass is 436 g/mol. The van der Waals surface area contributed by atoms with Crippen molar-refractivity contribution < 1.29 is 16.8 Å². The van der Waals surface area contributed by atoms with Gasteiger partial charge in [0.1, 0.15) is 0 Å². The average molecular weight is 437 g/mol. The van der Waals surface area contributed by atoms with Gasteiger partial charge in [-0.3, -0.25) is 0 Å². The second-order valence-electron chi connectivity index (χ2n) is 7.49. The molecule has 1 aliphatic rings. The molecule has 1 heterocycles. The van der Waals surface area contributed by atoms with E-state index in [-0.39, 0.29) is 5.75 Å². The summed E-state index contributed by atoms with van der Waals surface area (Å²) in [6, 6.07) is 14.0. The zero-order chi connectivity index (χ0) is 21.2. The summed E-state index contributed by atoms with van der Waals surface area (Å²) in [5, 5.41) is 0. The first-order chi connectivity index (χ1) is 13.7. The molecule has 0 amide bonds. The smallest absolute Gasteiger partial charge is 0.243 e. The predicted molar refractivity (Wildman–Crippen MR) is 116 cm³/mol. The van der Waals surface area contributed by atoms with E-state index in [1.807, 2.05) is 23.1 Å². The van der Waals surface area contributed by atoms with Crippen LogP contribution in [0.2, 0.25) is 0 Å². The minimum atomic E-state index is -3.56. The molecule has 0 aliphatic carbocycles. The van der Waals surface area contributed by atoms with E-state index in [1.54, 1.807) is 37.3 Å². The second-order valence-corrected chi connectivity index (χ2v) is 11.7. The molecule has 1 saturated heterocycles. The van der Waals surface area contributed by atoms with Crippen LogP contribution in [0.4, 0.5) is 5.69 Å². The molecule has 0 aromatic heterocycles. The second kappa shape index (κ2) is 8.45. The molecule has 3 rings (SSSR count). The lowest BCUT2D eigenvalue weighted by Gasteiger charge is -2.36. The fourth-order valence-electron chi connectivity index (χ4n) is 3.48. The van der Waals surface area contributed by atoms with E-state index in [2.05, 4.69) is 13.8 Å². The van der Waals surface area contributed by atoms with Gasteiger partial charge in [0.05, 0.1) is 21.2 Å². The molecule has 0 bridgehead atoms. The quantitative estimate of drug-likeness (QED) is 0.696. The van der Waals surface area contributed by atoms with Crippen LogP contribution in [-0.2, 0) is 19.9 Å². The minimum absolute atomic E-state index is 0.0325. The molecule has 0 spiro atoms. The van der Waals surface area contributed by atoms with Crippen molar-refractivity contribution in [2.24, 2.45) is 0 Å². The lowest BCUT2D eigenvalue weighted by atomic mass is 10.0. The Morgan fingerprint density at radius 2 is 1.45 bits per heavy atom. The molecule has 0 saturated carbocycles. The van der Waals surface area contributed by atoms with Gasteiger partial charge in [0, 0.05) is 26.2 Å². The Morgan fingerprint density at radius 1 is 0.862 bits per heavy atom. The summed E-state index contributed by atoms with van der Waals surface area (Å²) < 4.78 is 52.3. The van der Waals surface area contributed by atoms with Crippen LogP contribution in [0, 0.1) is 0 Å². The Balaban J connectivity index is 1.77. The first-order valence-electron chi connectivity index (χ1n) is 9.83. The third-order valence-corrected chi connectivity index (χ3v) is 9.03. The summed E-state index contributed by atoms with van der Waals surface area (Å²) >= 11 is 0. The van der Waals surface area contributed by atoms with E-state index in [0.29, 0.717) is 47.6 Å². The van der Waals surface area contributed by atoms with E-state index in [1.165, 1.54) is 4.31 Å². The first kappa shape index (κ1) is 21.8. The van der Waals surface area contributed by atoms with Crippen molar-refractivity contribution in [1.82, 2.24) is 4.31 Å². The first-order valence-corrected chi connectivity index (χ1v) is 12.9. The Bertz CT molecular complexity index is 1050. The third kappa shape index (κ3) is 4.49. The SMILES string of the molecule is CCS(=O)(=O)c1ccccc1N1CCN(S(=O)(=O)c2ccc(C(C)C)cc2)CC1. The van der Waals surface area contributed by atoms with Gasteiger partial charge in [-0.2, -0.15) is 4.31 Å². The highest BCUT2D eigenvalue weighted by molar-refractivity contribution is 7.91. The lowest BCUT2D eigenvalue weighted by Crippen LogP contribution is -2.49. The van der Waals surface area contributed by atoms with Gasteiger partial charge < -0.3 is 4.90 Å². The van der Waals surface area contributed by atoms with Crippen LogP contribution >= 0.6 is 0 Å². The van der Waals surface area contributed by atoms with E-state index in [4.69, 9.17) is 0 Å². The molecule has 1 fully saturated rings. The largest absolute Gasteiger partial charge is 0.368 e. The van der Waals surface area contributed by atoms with E-state index in [0.717, 1.165) is 5.56 Å². The zero-order valence-electron chi connectivity index (χ0n) is 17.1. The fourth-order valence-corrected chi connectivity index (χ4v) is 6.01. The van der Waals surface area contributed by atoms with Crippen molar-refractivity contribution in [3.05, 3.63) is 54.1 Å². The molecule has 8 heteroatoms. The number of para-hydroxylation sites is 1. The lowest BCUT2D eigenvalue weighted by molar-refractivity contribution is 0.384. The highest BCUT2D eigenvalue weighted by Gasteiger charge is 2.30. The van der Waals surface area contributed by atoms with Crippen LogP contribution < -0.4 is 4.90 Å². The molecule has 6 nitrogen and oxygen atoms in total. The Morgan fingerprint density at radius 3 is 2.00 bits per heavy atom. The standard InChI is InChI=1S/C21H28N2O4S2/c1-4-28(24,25)21-8-6-5-7-20(21)22-13-15-23(16-14-22)29(26,27)19-11-9-18(10-12-19)17(2)3/h5-12,17H,4,13-16H2,1-3H3. The topological polar surface area (TPSA) is 74.8 Å². The molecule has 0 N–H and O–H groups in total. The highest BCUT2D eigenvalue weighted by atomic mass is 32.2. The van der Waals surface area contributed by atoms with Gasteiger partial charge >= 0.3 is 0 Å². The Hall–Kier alpha value is -1.90. The number of sulfone groups is 1. The Labute approximate surface area is 174 Å². The normalized spacial score (nSPS) is 16.3. The molecular weight excluding hydrogens is 408 g/mol. The van der Waals surface area contributed by atoms with Crippen molar-refractivity contribution in [3.8, 4) is 0 Å². The van der Waals surface area contributed by atoms with Crippen molar-refractivity contribution in [2.45, 2.75) is 36.5 Å². The van der Waals surface area contributed by atoms with Gasteiger partial charge in [0.15, 0.2) is 9.84 Å². The molecule has 1 aliphatic heterocycles. The maximum absolute atomic E-state index is 13.0. The fraction of sp³-hybridized carbons (Fsp3) is 0.429. The summed E-state index contributed by atoms with van der Waals surface area (Å²) in [4.78, 5) is 2.56. The molecule has 0 radical (unpaired) electrons. The van der Waals surface area contributed by atoms with Crippen LogP contribution in [0.3, 0.4) is 0 Å². The number of benzene rings is 2. The predicted octanol–water partition coefficient (Wildman–Crippen LogP) is 3.11. The summed E-state index contributed by atoms with van der Waals surface area (Å²) in [6.45, 7) is 7.28. The maximum atomic E-state index is 13.0.